The summed E-state index contributed by atoms with van der Waals surface area (Å²) in [7, 11) is 3.94. The Labute approximate surface area is 233 Å². The smallest absolute Gasteiger partial charge is 0.245 e. The van der Waals surface area contributed by atoms with Crippen LogP contribution >= 0.6 is 0 Å². The predicted octanol–water partition coefficient (Wildman–Crippen LogP) is 6.00. The van der Waals surface area contributed by atoms with Crippen LogP contribution < -0.4 is 10.1 Å². The molecule has 2 fully saturated rings. The lowest BCUT2D eigenvalue weighted by molar-refractivity contribution is -0.132. The molecule has 7 heteroatoms. The van der Waals surface area contributed by atoms with Gasteiger partial charge in [-0.3, -0.25) is 4.79 Å². The molecule has 1 aliphatic heterocycles. The van der Waals surface area contributed by atoms with E-state index >= 15 is 0 Å². The maximum atomic E-state index is 13.8. The van der Waals surface area contributed by atoms with Crippen LogP contribution in [0.1, 0.15) is 59.3 Å². The zero-order valence-corrected chi connectivity index (χ0v) is 24.1. The average Bonchev–Trinajstić information content (AvgIpc) is 3.32. The summed E-state index contributed by atoms with van der Waals surface area (Å²) >= 11 is 0. The van der Waals surface area contributed by atoms with E-state index in [9.17, 15) is 4.79 Å². The van der Waals surface area contributed by atoms with Gasteiger partial charge >= 0.3 is 0 Å². The van der Waals surface area contributed by atoms with Crippen molar-refractivity contribution in [3.63, 3.8) is 0 Å². The molecule has 1 amide bonds. The predicted molar refractivity (Wildman–Crippen MR) is 158 cm³/mol. The van der Waals surface area contributed by atoms with Crippen LogP contribution in [0.15, 0.2) is 48.8 Å². The third kappa shape index (κ3) is 5.60. The van der Waals surface area contributed by atoms with Crippen molar-refractivity contribution in [2.24, 2.45) is 5.92 Å². The van der Waals surface area contributed by atoms with Crippen molar-refractivity contribution in [2.45, 2.75) is 83.5 Å². The van der Waals surface area contributed by atoms with Gasteiger partial charge in [-0.1, -0.05) is 37.6 Å². The molecule has 39 heavy (non-hydrogen) atoms. The molecule has 0 spiro atoms. The highest BCUT2D eigenvalue weighted by Crippen LogP contribution is 2.37. The minimum absolute atomic E-state index is 0.212. The summed E-state index contributed by atoms with van der Waals surface area (Å²) in [6, 6.07) is 15.4. The third-order valence-corrected chi connectivity index (χ3v) is 8.97. The SMILES string of the molecule is CCC[C@@H]1C[C@H](N(C)C(C)C)CC[C@@H]1N1CCC(Nc2ncnc3ccc(-c4ccccc4OC)cc23)C1=O. The first kappa shape index (κ1) is 27.4. The number of hydrogen-bond acceptors (Lipinski definition) is 6. The summed E-state index contributed by atoms with van der Waals surface area (Å²) in [5.41, 5.74) is 2.90. The van der Waals surface area contributed by atoms with Crippen LogP contribution in [-0.4, -0.2) is 70.5 Å². The summed E-state index contributed by atoms with van der Waals surface area (Å²) in [4.78, 5) is 27.6. The second-order valence-electron chi connectivity index (χ2n) is 11.5. The number of fused-ring (bicyclic) bond motifs is 1. The van der Waals surface area contributed by atoms with Gasteiger partial charge < -0.3 is 19.9 Å². The molecule has 2 aliphatic rings. The number of aromatic nitrogens is 2. The van der Waals surface area contributed by atoms with Gasteiger partial charge in [0.05, 0.1) is 12.6 Å². The highest BCUT2D eigenvalue weighted by Gasteiger charge is 2.42. The first-order valence-electron chi connectivity index (χ1n) is 14.6. The molecule has 3 aromatic rings. The highest BCUT2D eigenvalue weighted by molar-refractivity contribution is 5.95. The summed E-state index contributed by atoms with van der Waals surface area (Å²) in [6.07, 6.45) is 8.13. The van der Waals surface area contributed by atoms with E-state index in [-0.39, 0.29) is 11.9 Å². The zero-order valence-electron chi connectivity index (χ0n) is 24.1. The van der Waals surface area contributed by atoms with Gasteiger partial charge in [0.15, 0.2) is 0 Å². The average molecular weight is 530 g/mol. The molecule has 2 aromatic carbocycles. The number of ether oxygens (including phenoxy) is 1. The van der Waals surface area contributed by atoms with Crippen LogP contribution in [0.25, 0.3) is 22.0 Å². The minimum atomic E-state index is -0.267. The van der Waals surface area contributed by atoms with E-state index in [1.165, 1.54) is 12.8 Å². The maximum Gasteiger partial charge on any atom is 0.245 e. The van der Waals surface area contributed by atoms with Gasteiger partial charge in [0.1, 0.15) is 23.9 Å². The van der Waals surface area contributed by atoms with Crippen LogP contribution in [0.5, 0.6) is 5.75 Å². The Kier molecular flexibility index (Phi) is 8.36. The molecule has 7 nitrogen and oxygen atoms in total. The molecular weight excluding hydrogens is 486 g/mol. The molecule has 1 saturated carbocycles. The number of amides is 1. The van der Waals surface area contributed by atoms with Crippen molar-refractivity contribution in [3.8, 4) is 16.9 Å². The molecule has 0 radical (unpaired) electrons. The molecule has 0 bridgehead atoms. The van der Waals surface area contributed by atoms with Crippen molar-refractivity contribution in [1.29, 1.82) is 0 Å². The highest BCUT2D eigenvalue weighted by atomic mass is 16.5. The number of rotatable bonds is 9. The number of likely N-dealkylation sites (tertiary alicyclic amines) is 1. The molecule has 1 unspecified atom stereocenters. The molecule has 4 atom stereocenters. The number of carbonyl (C=O) groups is 1. The summed E-state index contributed by atoms with van der Waals surface area (Å²) in [5, 5.41) is 4.43. The molecular formula is C32H43N5O2. The largest absolute Gasteiger partial charge is 0.496 e. The van der Waals surface area contributed by atoms with E-state index in [1.807, 2.05) is 24.3 Å². The molecule has 208 valence electrons. The molecule has 5 rings (SSSR count). The number of hydrogen-bond donors (Lipinski definition) is 1. The molecule has 1 aromatic heterocycles. The van der Waals surface area contributed by atoms with Crippen LogP contribution in [0.2, 0.25) is 0 Å². The monoisotopic (exact) mass is 529 g/mol. The first-order valence-corrected chi connectivity index (χ1v) is 14.6. The van der Waals surface area contributed by atoms with Gasteiger partial charge in [-0.05, 0) is 82.7 Å². The van der Waals surface area contributed by atoms with Gasteiger partial charge in [-0.2, -0.15) is 0 Å². The van der Waals surface area contributed by atoms with E-state index in [4.69, 9.17) is 4.74 Å². The molecule has 1 saturated heterocycles. The Balaban J connectivity index is 1.35. The number of nitrogens with zero attached hydrogens (tertiary/aromatic N) is 4. The number of benzene rings is 2. The van der Waals surface area contributed by atoms with E-state index in [2.05, 4.69) is 71.1 Å². The first-order chi connectivity index (χ1) is 18.9. The van der Waals surface area contributed by atoms with Crippen LogP contribution in [0, 0.1) is 5.92 Å². The minimum Gasteiger partial charge on any atom is -0.496 e. The number of nitrogens with one attached hydrogen (secondary N) is 1. The van der Waals surface area contributed by atoms with E-state index in [0.29, 0.717) is 29.9 Å². The Morgan fingerprint density at radius 3 is 2.72 bits per heavy atom. The van der Waals surface area contributed by atoms with E-state index in [1.54, 1.807) is 13.4 Å². The van der Waals surface area contributed by atoms with Crippen molar-refractivity contribution in [1.82, 2.24) is 19.8 Å². The zero-order chi connectivity index (χ0) is 27.5. The Morgan fingerprint density at radius 1 is 1.13 bits per heavy atom. The van der Waals surface area contributed by atoms with Gasteiger partial charge in [-0.15, -0.1) is 0 Å². The van der Waals surface area contributed by atoms with E-state index in [0.717, 1.165) is 60.0 Å². The topological polar surface area (TPSA) is 70.6 Å². The van der Waals surface area contributed by atoms with Crippen molar-refractivity contribution in [2.75, 3.05) is 26.0 Å². The second-order valence-corrected chi connectivity index (χ2v) is 11.5. The third-order valence-electron chi connectivity index (χ3n) is 8.97. The Bertz CT molecular complexity index is 1290. The van der Waals surface area contributed by atoms with Gasteiger partial charge in [0.2, 0.25) is 5.91 Å². The second kappa shape index (κ2) is 11.9. The van der Waals surface area contributed by atoms with Crippen molar-refractivity contribution in [3.05, 3.63) is 48.8 Å². The van der Waals surface area contributed by atoms with Gasteiger partial charge in [-0.25, -0.2) is 9.97 Å². The summed E-state index contributed by atoms with van der Waals surface area (Å²) < 4.78 is 5.59. The normalized spacial score (nSPS) is 23.7. The van der Waals surface area contributed by atoms with E-state index < -0.39 is 0 Å². The lowest BCUT2D eigenvalue weighted by Crippen LogP contribution is -2.51. The van der Waals surface area contributed by atoms with Crippen LogP contribution in [0.4, 0.5) is 5.82 Å². The number of para-hydroxylation sites is 1. The van der Waals surface area contributed by atoms with Gasteiger partial charge in [0, 0.05) is 35.6 Å². The molecule has 1 aliphatic carbocycles. The van der Waals surface area contributed by atoms with Gasteiger partial charge in [0.25, 0.3) is 0 Å². The van der Waals surface area contributed by atoms with Crippen molar-refractivity contribution < 1.29 is 9.53 Å². The summed E-state index contributed by atoms with van der Waals surface area (Å²) in [5.74, 6) is 2.30. The fourth-order valence-corrected chi connectivity index (χ4v) is 6.66. The number of carbonyl (C=O) groups excluding carboxylic acids is 1. The van der Waals surface area contributed by atoms with Crippen LogP contribution in [0.3, 0.4) is 0 Å². The molecule has 1 N–H and O–H groups in total. The lowest BCUT2D eigenvalue weighted by atomic mass is 9.77. The standard InChI is InChI=1S/C32H43N5O2/c1-6-9-23-18-24(36(4)21(2)3)13-15-29(23)37-17-16-28(32(37)38)35-31-26-19-22(12-14-27(26)33-20-34-31)25-10-7-8-11-30(25)39-5/h7-8,10-12,14,19-21,23-24,28-29H,6,9,13,15-18H2,1-5H3,(H,33,34,35)/t23-,24-,28?,29+/m1/s1. The van der Waals surface area contributed by atoms with Crippen LogP contribution in [-0.2, 0) is 4.79 Å². The number of methoxy groups -OCH3 is 1. The Morgan fingerprint density at radius 2 is 1.95 bits per heavy atom. The quantitative estimate of drug-likeness (QED) is 0.367. The fraction of sp³-hybridized carbons (Fsp3) is 0.531. The fourth-order valence-electron chi connectivity index (χ4n) is 6.66. The molecule has 2 heterocycles. The number of anilines is 1. The summed E-state index contributed by atoms with van der Waals surface area (Å²) in [6.45, 7) is 7.62. The maximum absolute atomic E-state index is 13.8. The lowest BCUT2D eigenvalue weighted by Gasteiger charge is -2.44. The van der Waals surface area contributed by atoms with Crippen molar-refractivity contribution >= 4 is 22.6 Å². The Hall–Kier alpha value is -3.19.